The molecule has 1 atom stereocenters. The largest absolute Gasteiger partial charge is 0.368 e. The maximum atomic E-state index is 11.6. The second-order valence-corrected chi connectivity index (χ2v) is 5.88. The predicted octanol–water partition coefficient (Wildman–Crippen LogP) is 0.409. The molecule has 1 rings (SSSR count). The Hall–Kier alpha value is -0.380. The van der Waals surface area contributed by atoms with Crippen molar-refractivity contribution in [2.75, 3.05) is 5.75 Å². The van der Waals surface area contributed by atoms with Crippen LogP contribution in [0.4, 0.5) is 0 Å². The van der Waals surface area contributed by atoms with Crippen LogP contribution < -0.4 is 5.73 Å². The molecule has 1 saturated carbocycles. The van der Waals surface area contributed by atoms with E-state index in [0.29, 0.717) is 11.7 Å². The quantitative estimate of drug-likeness (QED) is 0.696. The van der Waals surface area contributed by atoms with Gasteiger partial charge in [0.05, 0.1) is 0 Å². The number of rotatable bonds is 4. The Balaban J connectivity index is 2.53. The van der Waals surface area contributed by atoms with E-state index in [2.05, 4.69) is 0 Å². The van der Waals surface area contributed by atoms with Crippen molar-refractivity contribution in [2.45, 2.75) is 31.4 Å². The van der Waals surface area contributed by atoms with Crippen molar-refractivity contribution in [3.05, 3.63) is 0 Å². The molecule has 4 heteroatoms. The average molecular weight is 189 g/mol. The van der Waals surface area contributed by atoms with Crippen LogP contribution >= 0.6 is 0 Å². The third kappa shape index (κ3) is 2.06. The smallest absolute Gasteiger partial charge is 0.235 e. The third-order valence-electron chi connectivity index (χ3n) is 2.25. The van der Waals surface area contributed by atoms with Gasteiger partial charge in [-0.25, -0.2) is 0 Å². The van der Waals surface area contributed by atoms with Crippen LogP contribution in [0.2, 0.25) is 0 Å². The molecule has 2 N–H and O–H groups in total. The Morgan fingerprint density at radius 3 is 2.42 bits per heavy atom. The van der Waals surface area contributed by atoms with Crippen molar-refractivity contribution in [1.82, 2.24) is 0 Å². The van der Waals surface area contributed by atoms with E-state index in [4.69, 9.17) is 5.73 Å². The van der Waals surface area contributed by atoms with Crippen molar-refractivity contribution in [3.63, 3.8) is 0 Å². The van der Waals surface area contributed by atoms with E-state index in [0.717, 1.165) is 12.8 Å². The molecule has 1 aliphatic rings. The summed E-state index contributed by atoms with van der Waals surface area (Å²) in [6.07, 6.45) is 2.31. The van der Waals surface area contributed by atoms with Crippen molar-refractivity contribution < 1.29 is 9.00 Å². The standard InChI is InChI=1S/C8H15NO2S/c1-8(2,7(9)10)12(11)5-6-3-4-6/h6H,3-5H2,1-2H3,(H2,9,10). The lowest BCUT2D eigenvalue weighted by molar-refractivity contribution is -0.119. The fourth-order valence-electron chi connectivity index (χ4n) is 0.819. The molecular weight excluding hydrogens is 174 g/mol. The fraction of sp³-hybridized carbons (Fsp3) is 0.875. The van der Waals surface area contributed by atoms with Crippen LogP contribution in [-0.4, -0.2) is 20.6 Å². The Labute approximate surface area is 75.2 Å². The van der Waals surface area contributed by atoms with Gasteiger partial charge in [0, 0.05) is 16.6 Å². The van der Waals surface area contributed by atoms with Gasteiger partial charge in [0.15, 0.2) is 0 Å². The van der Waals surface area contributed by atoms with Gasteiger partial charge in [-0.1, -0.05) is 0 Å². The molecule has 0 aromatic carbocycles. The van der Waals surface area contributed by atoms with E-state index < -0.39 is 21.5 Å². The van der Waals surface area contributed by atoms with Crippen LogP contribution in [0.3, 0.4) is 0 Å². The van der Waals surface area contributed by atoms with Crippen molar-refractivity contribution in [2.24, 2.45) is 11.7 Å². The summed E-state index contributed by atoms with van der Waals surface area (Å²) in [5, 5.41) is 0. The number of carbonyl (C=O) groups is 1. The molecule has 0 bridgehead atoms. The number of nitrogens with two attached hydrogens (primary N) is 1. The highest BCUT2D eigenvalue weighted by molar-refractivity contribution is 7.87. The molecule has 70 valence electrons. The van der Waals surface area contributed by atoms with Crippen molar-refractivity contribution in [3.8, 4) is 0 Å². The second-order valence-electron chi connectivity index (χ2n) is 3.83. The average Bonchev–Trinajstić information content (AvgIpc) is 2.71. The maximum Gasteiger partial charge on any atom is 0.235 e. The lowest BCUT2D eigenvalue weighted by Crippen LogP contribution is -2.43. The zero-order chi connectivity index (χ0) is 9.35. The van der Waals surface area contributed by atoms with Gasteiger partial charge >= 0.3 is 0 Å². The molecule has 0 aromatic rings. The lowest BCUT2D eigenvalue weighted by atomic mass is 10.2. The van der Waals surface area contributed by atoms with Gasteiger partial charge in [0.25, 0.3) is 0 Å². The van der Waals surface area contributed by atoms with Gasteiger partial charge < -0.3 is 5.73 Å². The Morgan fingerprint density at radius 1 is 1.58 bits per heavy atom. The molecule has 1 unspecified atom stereocenters. The fourth-order valence-corrected chi connectivity index (χ4v) is 2.22. The van der Waals surface area contributed by atoms with E-state index in [1.165, 1.54) is 0 Å². The summed E-state index contributed by atoms with van der Waals surface area (Å²) in [5.41, 5.74) is 5.14. The topological polar surface area (TPSA) is 60.2 Å². The Morgan fingerprint density at radius 2 is 2.08 bits per heavy atom. The Kier molecular flexibility index (Phi) is 2.56. The van der Waals surface area contributed by atoms with Crippen LogP contribution in [0.5, 0.6) is 0 Å². The highest BCUT2D eigenvalue weighted by Crippen LogP contribution is 2.31. The molecule has 1 amide bonds. The molecule has 0 aliphatic heterocycles. The SMILES string of the molecule is CC(C)(C(N)=O)S(=O)CC1CC1. The first-order chi connectivity index (χ1) is 5.44. The third-order valence-corrected chi connectivity index (χ3v) is 4.36. The molecule has 0 heterocycles. The van der Waals surface area contributed by atoms with Gasteiger partial charge in [0.1, 0.15) is 4.75 Å². The van der Waals surface area contributed by atoms with Crippen LogP contribution in [0.15, 0.2) is 0 Å². The minimum atomic E-state index is -1.10. The first-order valence-electron chi connectivity index (χ1n) is 4.13. The summed E-state index contributed by atoms with van der Waals surface area (Å²) < 4.78 is 10.7. The van der Waals surface area contributed by atoms with E-state index >= 15 is 0 Å². The van der Waals surface area contributed by atoms with Crippen LogP contribution in [0.1, 0.15) is 26.7 Å². The Bertz CT molecular complexity index is 221. The van der Waals surface area contributed by atoms with Gasteiger partial charge in [0.2, 0.25) is 5.91 Å². The number of hydrogen-bond acceptors (Lipinski definition) is 2. The van der Waals surface area contributed by atoms with Crippen molar-refractivity contribution >= 4 is 16.7 Å². The predicted molar refractivity (Wildman–Crippen MR) is 49.0 cm³/mol. The highest BCUT2D eigenvalue weighted by Gasteiger charge is 2.36. The summed E-state index contributed by atoms with van der Waals surface area (Å²) in [7, 11) is -1.10. The molecule has 1 aliphatic carbocycles. The molecule has 0 aromatic heterocycles. The number of primary amides is 1. The van der Waals surface area contributed by atoms with E-state index in [1.807, 2.05) is 0 Å². The maximum absolute atomic E-state index is 11.6. The molecule has 0 saturated heterocycles. The molecular formula is C8H15NO2S. The second kappa shape index (κ2) is 3.17. The van der Waals surface area contributed by atoms with E-state index in [9.17, 15) is 9.00 Å². The summed E-state index contributed by atoms with van der Waals surface area (Å²) >= 11 is 0. The zero-order valence-corrected chi connectivity index (χ0v) is 8.32. The minimum absolute atomic E-state index is 0.471. The number of amides is 1. The van der Waals surface area contributed by atoms with Gasteiger partial charge in [-0.3, -0.25) is 9.00 Å². The van der Waals surface area contributed by atoms with Gasteiger partial charge in [-0.05, 0) is 32.6 Å². The summed E-state index contributed by atoms with van der Waals surface area (Å²) in [5.74, 6) is 0.738. The number of hydrogen-bond donors (Lipinski definition) is 1. The zero-order valence-electron chi connectivity index (χ0n) is 7.50. The van der Waals surface area contributed by atoms with Crippen LogP contribution in [-0.2, 0) is 15.6 Å². The molecule has 12 heavy (non-hydrogen) atoms. The minimum Gasteiger partial charge on any atom is -0.368 e. The molecule has 0 radical (unpaired) electrons. The molecule has 0 spiro atoms. The molecule has 3 nitrogen and oxygen atoms in total. The van der Waals surface area contributed by atoms with Gasteiger partial charge in [-0.15, -0.1) is 0 Å². The monoisotopic (exact) mass is 189 g/mol. The van der Waals surface area contributed by atoms with Crippen molar-refractivity contribution in [1.29, 1.82) is 0 Å². The van der Waals surface area contributed by atoms with Gasteiger partial charge in [-0.2, -0.15) is 0 Å². The van der Waals surface area contributed by atoms with Crippen LogP contribution in [0, 0.1) is 5.92 Å². The first kappa shape index (κ1) is 9.71. The van der Waals surface area contributed by atoms with Crippen LogP contribution in [0.25, 0.3) is 0 Å². The van der Waals surface area contributed by atoms with E-state index in [-0.39, 0.29) is 0 Å². The normalized spacial score (nSPS) is 20.5. The summed E-state index contributed by atoms with van der Waals surface area (Å²) in [4.78, 5) is 10.9. The van der Waals surface area contributed by atoms with E-state index in [1.54, 1.807) is 13.8 Å². The summed E-state index contributed by atoms with van der Waals surface area (Å²) in [6.45, 7) is 3.29. The lowest BCUT2D eigenvalue weighted by Gasteiger charge is -2.19. The molecule has 1 fully saturated rings. The highest BCUT2D eigenvalue weighted by atomic mass is 32.2. The summed E-state index contributed by atoms with van der Waals surface area (Å²) in [6, 6.07) is 0. The number of carbonyl (C=O) groups excluding carboxylic acids is 1. The first-order valence-corrected chi connectivity index (χ1v) is 5.45.